The SMILES string of the molecule is Cn1cc(C(=O)N2C[C@@H](O)[C@@H](O)C2)cn1. The first-order valence-electron chi connectivity index (χ1n) is 4.72. The molecule has 2 rings (SSSR count). The van der Waals surface area contributed by atoms with Gasteiger partial charge in [-0.25, -0.2) is 0 Å². The molecule has 82 valence electrons. The topological polar surface area (TPSA) is 78.6 Å². The zero-order valence-electron chi connectivity index (χ0n) is 8.37. The highest BCUT2D eigenvalue weighted by molar-refractivity contribution is 5.94. The molecule has 15 heavy (non-hydrogen) atoms. The summed E-state index contributed by atoms with van der Waals surface area (Å²) in [6.45, 7) is 0.351. The van der Waals surface area contributed by atoms with Crippen LogP contribution in [0.2, 0.25) is 0 Å². The summed E-state index contributed by atoms with van der Waals surface area (Å²) < 4.78 is 1.54. The van der Waals surface area contributed by atoms with Crippen molar-refractivity contribution in [1.82, 2.24) is 14.7 Å². The fourth-order valence-corrected chi connectivity index (χ4v) is 1.65. The Morgan fingerprint density at radius 2 is 2.07 bits per heavy atom. The van der Waals surface area contributed by atoms with Gasteiger partial charge < -0.3 is 15.1 Å². The maximum absolute atomic E-state index is 11.8. The Hall–Kier alpha value is -1.40. The van der Waals surface area contributed by atoms with Gasteiger partial charge in [-0.2, -0.15) is 5.10 Å². The van der Waals surface area contributed by atoms with Gasteiger partial charge in [0.15, 0.2) is 0 Å². The normalized spacial score (nSPS) is 25.9. The lowest BCUT2D eigenvalue weighted by Gasteiger charge is -2.13. The minimum atomic E-state index is -0.842. The zero-order valence-corrected chi connectivity index (χ0v) is 8.37. The summed E-state index contributed by atoms with van der Waals surface area (Å²) in [5, 5.41) is 22.5. The van der Waals surface area contributed by atoms with Crippen LogP contribution in [0.1, 0.15) is 10.4 Å². The van der Waals surface area contributed by atoms with Crippen LogP contribution in [0.25, 0.3) is 0 Å². The van der Waals surface area contributed by atoms with Crippen molar-refractivity contribution in [3.63, 3.8) is 0 Å². The molecule has 1 aromatic heterocycles. The van der Waals surface area contributed by atoms with Gasteiger partial charge in [0.1, 0.15) is 0 Å². The molecule has 2 heterocycles. The van der Waals surface area contributed by atoms with Crippen LogP contribution in [-0.2, 0) is 7.05 Å². The number of aromatic nitrogens is 2. The largest absolute Gasteiger partial charge is 0.388 e. The van der Waals surface area contributed by atoms with Crippen LogP contribution in [-0.4, -0.2) is 56.1 Å². The van der Waals surface area contributed by atoms with Gasteiger partial charge in [0.2, 0.25) is 0 Å². The Labute approximate surface area is 86.7 Å². The van der Waals surface area contributed by atoms with Crippen molar-refractivity contribution in [2.45, 2.75) is 12.2 Å². The molecule has 6 heteroatoms. The van der Waals surface area contributed by atoms with Crippen LogP contribution in [0.5, 0.6) is 0 Å². The number of nitrogens with zero attached hydrogens (tertiary/aromatic N) is 3. The third-order valence-corrected chi connectivity index (χ3v) is 2.50. The highest BCUT2D eigenvalue weighted by Gasteiger charge is 2.33. The number of amides is 1. The number of carbonyl (C=O) groups is 1. The minimum Gasteiger partial charge on any atom is -0.388 e. The summed E-state index contributed by atoms with van der Waals surface area (Å²) in [5.41, 5.74) is 0.471. The Morgan fingerprint density at radius 1 is 1.47 bits per heavy atom. The monoisotopic (exact) mass is 211 g/mol. The predicted octanol–water partition coefficient (Wildman–Crippen LogP) is -1.40. The number of aryl methyl sites for hydroxylation is 1. The van der Waals surface area contributed by atoms with Crippen molar-refractivity contribution < 1.29 is 15.0 Å². The zero-order chi connectivity index (χ0) is 11.0. The average molecular weight is 211 g/mol. The number of aliphatic hydroxyl groups excluding tert-OH is 2. The van der Waals surface area contributed by atoms with Crippen molar-refractivity contribution in [1.29, 1.82) is 0 Å². The maximum atomic E-state index is 11.8. The Bertz CT molecular complexity index is 366. The van der Waals surface area contributed by atoms with E-state index < -0.39 is 12.2 Å². The predicted molar refractivity (Wildman–Crippen MR) is 51.1 cm³/mol. The van der Waals surface area contributed by atoms with Crippen molar-refractivity contribution in [3.8, 4) is 0 Å². The molecular formula is C9H13N3O3. The van der Waals surface area contributed by atoms with E-state index in [0.29, 0.717) is 5.56 Å². The number of carbonyl (C=O) groups excluding carboxylic acids is 1. The van der Waals surface area contributed by atoms with Gasteiger partial charge in [0.05, 0.1) is 24.0 Å². The second-order valence-corrected chi connectivity index (χ2v) is 3.75. The summed E-state index contributed by atoms with van der Waals surface area (Å²) in [5.74, 6) is -0.210. The molecule has 2 N–H and O–H groups in total. The first-order chi connectivity index (χ1) is 7.08. The molecule has 1 aliphatic rings. The van der Waals surface area contributed by atoms with E-state index in [2.05, 4.69) is 5.10 Å². The van der Waals surface area contributed by atoms with E-state index >= 15 is 0 Å². The van der Waals surface area contributed by atoms with Crippen LogP contribution >= 0.6 is 0 Å². The van der Waals surface area contributed by atoms with E-state index in [1.807, 2.05) is 0 Å². The number of hydrogen-bond acceptors (Lipinski definition) is 4. The molecule has 1 aromatic rings. The summed E-state index contributed by atoms with van der Waals surface area (Å²) in [7, 11) is 1.73. The lowest BCUT2D eigenvalue weighted by molar-refractivity contribution is 0.0572. The van der Waals surface area contributed by atoms with E-state index in [0.717, 1.165) is 0 Å². The van der Waals surface area contributed by atoms with Crippen LogP contribution in [0.4, 0.5) is 0 Å². The van der Waals surface area contributed by atoms with Crippen LogP contribution in [0.3, 0.4) is 0 Å². The van der Waals surface area contributed by atoms with Gasteiger partial charge in [-0.05, 0) is 0 Å². The highest BCUT2D eigenvalue weighted by atomic mass is 16.3. The van der Waals surface area contributed by atoms with Gasteiger partial charge in [-0.3, -0.25) is 9.48 Å². The Kier molecular flexibility index (Phi) is 2.45. The second kappa shape index (κ2) is 3.63. The third-order valence-electron chi connectivity index (χ3n) is 2.50. The highest BCUT2D eigenvalue weighted by Crippen LogP contribution is 2.13. The molecule has 0 bridgehead atoms. The minimum absolute atomic E-state index is 0.175. The summed E-state index contributed by atoms with van der Waals surface area (Å²) >= 11 is 0. The molecule has 2 atom stereocenters. The van der Waals surface area contributed by atoms with Crippen molar-refractivity contribution in [3.05, 3.63) is 18.0 Å². The Morgan fingerprint density at radius 3 is 2.53 bits per heavy atom. The van der Waals surface area contributed by atoms with Gasteiger partial charge in [-0.15, -0.1) is 0 Å². The van der Waals surface area contributed by atoms with Gasteiger partial charge in [0, 0.05) is 26.3 Å². The Balaban J connectivity index is 2.10. The molecule has 6 nitrogen and oxygen atoms in total. The molecule has 1 saturated heterocycles. The van der Waals surface area contributed by atoms with E-state index in [9.17, 15) is 15.0 Å². The number of β-amino-alcohol motifs (C(OH)–C–C–N with tert-alkyl or cyclic N) is 2. The summed E-state index contributed by atoms with van der Waals surface area (Å²) in [6, 6.07) is 0. The maximum Gasteiger partial charge on any atom is 0.257 e. The number of rotatable bonds is 1. The quantitative estimate of drug-likeness (QED) is 0.598. The molecule has 1 aliphatic heterocycles. The fourth-order valence-electron chi connectivity index (χ4n) is 1.65. The molecule has 0 unspecified atom stereocenters. The molecule has 0 spiro atoms. The van der Waals surface area contributed by atoms with Gasteiger partial charge >= 0.3 is 0 Å². The van der Waals surface area contributed by atoms with Gasteiger partial charge in [0.25, 0.3) is 5.91 Å². The lowest BCUT2D eigenvalue weighted by atomic mass is 10.3. The molecule has 0 aliphatic carbocycles. The molecule has 1 amide bonds. The molecule has 0 aromatic carbocycles. The number of aliphatic hydroxyl groups is 2. The average Bonchev–Trinajstić information content (AvgIpc) is 2.74. The van der Waals surface area contributed by atoms with E-state index in [1.54, 1.807) is 13.2 Å². The van der Waals surface area contributed by atoms with Crippen LogP contribution < -0.4 is 0 Å². The molecule has 0 saturated carbocycles. The molecular weight excluding hydrogens is 198 g/mol. The van der Waals surface area contributed by atoms with Crippen molar-refractivity contribution in [2.75, 3.05) is 13.1 Å². The first-order valence-corrected chi connectivity index (χ1v) is 4.72. The van der Waals surface area contributed by atoms with E-state index in [4.69, 9.17) is 0 Å². The summed E-state index contributed by atoms with van der Waals surface area (Å²) in [4.78, 5) is 13.2. The summed E-state index contributed by atoms with van der Waals surface area (Å²) in [6.07, 6.45) is 1.40. The van der Waals surface area contributed by atoms with Crippen molar-refractivity contribution >= 4 is 5.91 Å². The van der Waals surface area contributed by atoms with Crippen LogP contribution in [0.15, 0.2) is 12.4 Å². The smallest absolute Gasteiger partial charge is 0.257 e. The van der Waals surface area contributed by atoms with Gasteiger partial charge in [-0.1, -0.05) is 0 Å². The lowest BCUT2D eigenvalue weighted by Crippen LogP contribution is -2.29. The fraction of sp³-hybridized carbons (Fsp3) is 0.556. The van der Waals surface area contributed by atoms with Crippen LogP contribution in [0, 0.1) is 0 Å². The third kappa shape index (κ3) is 1.86. The first kappa shape index (κ1) is 10.1. The van der Waals surface area contributed by atoms with Crippen molar-refractivity contribution in [2.24, 2.45) is 7.05 Å². The molecule has 0 radical (unpaired) electrons. The second-order valence-electron chi connectivity index (χ2n) is 3.75. The molecule has 1 fully saturated rings. The number of likely N-dealkylation sites (tertiary alicyclic amines) is 1. The van der Waals surface area contributed by atoms with E-state index in [1.165, 1.54) is 15.8 Å². The standard InChI is InChI=1S/C9H13N3O3/c1-11-3-6(2-10-11)9(15)12-4-7(13)8(14)5-12/h2-3,7-8,13-14H,4-5H2,1H3/t7-,8+. The van der Waals surface area contributed by atoms with E-state index in [-0.39, 0.29) is 19.0 Å². The number of hydrogen-bond donors (Lipinski definition) is 2.